The van der Waals surface area contributed by atoms with E-state index in [4.69, 9.17) is 0 Å². The fraction of sp³-hybridized carbons (Fsp3) is 0.263. The third kappa shape index (κ3) is 5.12. The Bertz CT molecular complexity index is 679. The molecule has 0 aliphatic carbocycles. The fourth-order valence-corrected chi connectivity index (χ4v) is 2.21. The first kappa shape index (κ1) is 17.5. The molecule has 1 amide bonds. The molecule has 0 saturated carbocycles. The van der Waals surface area contributed by atoms with Gasteiger partial charge in [-0.25, -0.2) is 4.79 Å². The Hall–Kier alpha value is -2.82. The van der Waals surface area contributed by atoms with Gasteiger partial charge in [0.25, 0.3) is 0 Å². The topological polar surface area (TPSA) is 67.4 Å². The van der Waals surface area contributed by atoms with E-state index >= 15 is 0 Å². The maximum absolute atomic E-state index is 11.9. The molecule has 5 heteroatoms. The number of carbonyl (C=O) groups is 2. The van der Waals surface area contributed by atoms with Gasteiger partial charge in [-0.3, -0.25) is 4.79 Å². The molecule has 2 rings (SSSR count). The van der Waals surface area contributed by atoms with Gasteiger partial charge in [0.05, 0.1) is 12.7 Å². The van der Waals surface area contributed by atoms with Gasteiger partial charge < -0.3 is 15.4 Å². The van der Waals surface area contributed by atoms with E-state index in [0.717, 1.165) is 12.1 Å². The second-order valence-corrected chi connectivity index (χ2v) is 5.34. The minimum absolute atomic E-state index is 0.0847. The maximum atomic E-state index is 11.9. The summed E-state index contributed by atoms with van der Waals surface area (Å²) in [6, 6.07) is 14.8. The van der Waals surface area contributed by atoms with Crippen LogP contribution in [0.25, 0.3) is 0 Å². The van der Waals surface area contributed by atoms with E-state index in [-0.39, 0.29) is 5.91 Å². The molecule has 0 spiro atoms. The highest BCUT2D eigenvalue weighted by Crippen LogP contribution is 2.12. The summed E-state index contributed by atoms with van der Waals surface area (Å²) in [5.41, 5.74) is 3.39. The molecule has 0 aromatic heterocycles. The standard InChI is InChI=1S/C19H22N2O3/c1-3-14-4-8-16(9-5-14)20-13-12-18(22)21-17-10-6-15(7-11-17)19(23)24-2/h4-11,20H,3,12-13H2,1-2H3,(H,21,22). The number of esters is 1. The molecule has 0 unspecified atom stereocenters. The average Bonchev–Trinajstić information content (AvgIpc) is 2.62. The van der Waals surface area contributed by atoms with E-state index in [1.165, 1.54) is 12.7 Å². The normalized spacial score (nSPS) is 10.1. The van der Waals surface area contributed by atoms with Crippen LogP contribution in [-0.2, 0) is 16.0 Å². The van der Waals surface area contributed by atoms with Crippen molar-refractivity contribution in [2.75, 3.05) is 24.3 Å². The minimum Gasteiger partial charge on any atom is -0.465 e. The molecule has 2 aromatic carbocycles. The lowest BCUT2D eigenvalue weighted by atomic mass is 10.1. The lowest BCUT2D eigenvalue weighted by Crippen LogP contribution is -2.16. The van der Waals surface area contributed by atoms with E-state index < -0.39 is 5.97 Å². The highest BCUT2D eigenvalue weighted by Gasteiger charge is 2.06. The van der Waals surface area contributed by atoms with Crippen LogP contribution in [-0.4, -0.2) is 25.5 Å². The molecule has 0 fully saturated rings. The molecular formula is C19H22N2O3. The zero-order valence-electron chi connectivity index (χ0n) is 14.0. The number of aryl methyl sites for hydroxylation is 1. The van der Waals surface area contributed by atoms with Crippen LogP contribution >= 0.6 is 0 Å². The van der Waals surface area contributed by atoms with Gasteiger partial charge in [-0.15, -0.1) is 0 Å². The van der Waals surface area contributed by atoms with Crippen molar-refractivity contribution < 1.29 is 14.3 Å². The molecule has 24 heavy (non-hydrogen) atoms. The predicted octanol–water partition coefficient (Wildman–Crippen LogP) is 3.48. The predicted molar refractivity (Wildman–Crippen MR) is 95.3 cm³/mol. The van der Waals surface area contributed by atoms with Gasteiger partial charge in [-0.05, 0) is 48.4 Å². The Morgan fingerprint density at radius 2 is 1.58 bits per heavy atom. The van der Waals surface area contributed by atoms with E-state index in [2.05, 4.69) is 34.4 Å². The zero-order chi connectivity index (χ0) is 17.4. The first-order valence-electron chi connectivity index (χ1n) is 7.93. The zero-order valence-corrected chi connectivity index (χ0v) is 14.0. The van der Waals surface area contributed by atoms with Crippen LogP contribution in [0.4, 0.5) is 11.4 Å². The van der Waals surface area contributed by atoms with Crippen LogP contribution in [0.2, 0.25) is 0 Å². The van der Waals surface area contributed by atoms with Crippen molar-refractivity contribution in [3.05, 3.63) is 59.7 Å². The van der Waals surface area contributed by atoms with E-state index in [0.29, 0.717) is 24.2 Å². The Kier molecular flexibility index (Phi) is 6.37. The molecule has 2 aromatic rings. The Labute approximate surface area is 142 Å². The molecule has 0 saturated heterocycles. The Balaban J connectivity index is 1.77. The van der Waals surface area contributed by atoms with Gasteiger partial charge in [-0.2, -0.15) is 0 Å². The van der Waals surface area contributed by atoms with Crippen molar-refractivity contribution in [2.45, 2.75) is 19.8 Å². The molecule has 0 aliphatic rings. The lowest BCUT2D eigenvalue weighted by Gasteiger charge is -2.08. The van der Waals surface area contributed by atoms with Gasteiger partial charge >= 0.3 is 5.97 Å². The molecule has 0 heterocycles. The van der Waals surface area contributed by atoms with E-state index in [9.17, 15) is 9.59 Å². The van der Waals surface area contributed by atoms with Crippen LogP contribution in [0, 0.1) is 0 Å². The summed E-state index contributed by atoms with van der Waals surface area (Å²) in [7, 11) is 1.33. The molecule has 0 radical (unpaired) electrons. The maximum Gasteiger partial charge on any atom is 0.337 e. The van der Waals surface area contributed by atoms with Crippen LogP contribution in [0.3, 0.4) is 0 Å². The second kappa shape index (κ2) is 8.72. The Morgan fingerprint density at radius 1 is 0.958 bits per heavy atom. The Morgan fingerprint density at radius 3 is 2.17 bits per heavy atom. The summed E-state index contributed by atoms with van der Waals surface area (Å²) in [5, 5.41) is 6.02. The third-order valence-electron chi connectivity index (χ3n) is 3.63. The number of benzene rings is 2. The number of nitrogens with one attached hydrogen (secondary N) is 2. The summed E-state index contributed by atoms with van der Waals surface area (Å²) in [6.07, 6.45) is 1.37. The van der Waals surface area contributed by atoms with Crippen molar-refractivity contribution >= 4 is 23.3 Å². The number of carbonyl (C=O) groups excluding carboxylic acids is 2. The molecule has 0 bridgehead atoms. The highest BCUT2D eigenvalue weighted by atomic mass is 16.5. The quantitative estimate of drug-likeness (QED) is 0.765. The molecule has 5 nitrogen and oxygen atoms in total. The van der Waals surface area contributed by atoms with Gasteiger partial charge in [-0.1, -0.05) is 19.1 Å². The monoisotopic (exact) mass is 326 g/mol. The van der Waals surface area contributed by atoms with Crippen molar-refractivity contribution in [1.82, 2.24) is 0 Å². The number of anilines is 2. The first-order valence-corrected chi connectivity index (χ1v) is 7.93. The van der Waals surface area contributed by atoms with E-state index in [1.807, 2.05) is 12.1 Å². The van der Waals surface area contributed by atoms with Crippen LogP contribution in [0.15, 0.2) is 48.5 Å². The van der Waals surface area contributed by atoms with Gasteiger partial charge in [0.1, 0.15) is 0 Å². The highest BCUT2D eigenvalue weighted by molar-refractivity contribution is 5.93. The molecule has 126 valence electrons. The smallest absolute Gasteiger partial charge is 0.337 e. The van der Waals surface area contributed by atoms with Crippen molar-refractivity contribution in [2.24, 2.45) is 0 Å². The van der Waals surface area contributed by atoms with Gasteiger partial charge in [0.15, 0.2) is 0 Å². The van der Waals surface area contributed by atoms with Gasteiger partial charge in [0, 0.05) is 24.3 Å². The third-order valence-corrected chi connectivity index (χ3v) is 3.63. The summed E-state index contributed by atoms with van der Waals surface area (Å²) in [5.74, 6) is -0.482. The molecule has 2 N–H and O–H groups in total. The number of hydrogen-bond donors (Lipinski definition) is 2. The largest absolute Gasteiger partial charge is 0.465 e. The lowest BCUT2D eigenvalue weighted by molar-refractivity contribution is -0.115. The van der Waals surface area contributed by atoms with Crippen LogP contribution in [0.1, 0.15) is 29.3 Å². The summed E-state index contributed by atoms with van der Waals surface area (Å²) in [4.78, 5) is 23.3. The van der Waals surface area contributed by atoms with Crippen LogP contribution in [0.5, 0.6) is 0 Å². The minimum atomic E-state index is -0.397. The molecular weight excluding hydrogens is 304 g/mol. The van der Waals surface area contributed by atoms with Gasteiger partial charge in [0.2, 0.25) is 5.91 Å². The summed E-state index contributed by atoms with van der Waals surface area (Å²) >= 11 is 0. The number of ether oxygens (including phenoxy) is 1. The average molecular weight is 326 g/mol. The van der Waals surface area contributed by atoms with Crippen molar-refractivity contribution in [1.29, 1.82) is 0 Å². The number of amides is 1. The molecule has 0 aliphatic heterocycles. The summed E-state index contributed by atoms with van der Waals surface area (Å²) in [6.45, 7) is 2.67. The van der Waals surface area contributed by atoms with Crippen molar-refractivity contribution in [3.8, 4) is 0 Å². The SMILES string of the molecule is CCc1ccc(NCCC(=O)Nc2ccc(C(=O)OC)cc2)cc1. The van der Waals surface area contributed by atoms with Crippen molar-refractivity contribution in [3.63, 3.8) is 0 Å². The fourth-order valence-electron chi connectivity index (χ4n) is 2.21. The van der Waals surface area contributed by atoms with E-state index in [1.54, 1.807) is 24.3 Å². The number of hydrogen-bond acceptors (Lipinski definition) is 4. The number of rotatable bonds is 7. The molecule has 0 atom stereocenters. The van der Waals surface area contributed by atoms with Crippen LogP contribution < -0.4 is 10.6 Å². The number of methoxy groups -OCH3 is 1. The second-order valence-electron chi connectivity index (χ2n) is 5.34. The summed E-state index contributed by atoms with van der Waals surface area (Å²) < 4.78 is 4.63. The first-order chi connectivity index (χ1) is 11.6.